The summed E-state index contributed by atoms with van der Waals surface area (Å²) in [7, 11) is 0. The van der Waals surface area contributed by atoms with Gasteiger partial charge in [-0.1, -0.05) is 11.6 Å². The zero-order chi connectivity index (χ0) is 9.42. The Morgan fingerprint density at radius 1 is 1.54 bits per heavy atom. The Labute approximate surface area is 78.6 Å². The molecule has 0 radical (unpaired) electrons. The van der Waals surface area contributed by atoms with E-state index in [1.54, 1.807) is 0 Å². The van der Waals surface area contributed by atoms with E-state index in [4.69, 9.17) is 21.6 Å². The third kappa shape index (κ3) is 1.34. The summed E-state index contributed by atoms with van der Waals surface area (Å²) < 4.78 is 0. The van der Waals surface area contributed by atoms with Gasteiger partial charge < -0.3 is 9.99 Å². The highest BCUT2D eigenvalue weighted by molar-refractivity contribution is 6.33. The fourth-order valence-electron chi connectivity index (χ4n) is 1.11. The number of halogens is 1. The number of hydrogen-bond donors (Lipinski definition) is 1. The van der Waals surface area contributed by atoms with Crippen molar-refractivity contribution < 1.29 is 19.7 Å². The van der Waals surface area contributed by atoms with E-state index in [9.17, 15) is 4.79 Å². The van der Waals surface area contributed by atoms with Crippen molar-refractivity contribution in [3.8, 4) is 5.75 Å². The molecule has 1 aromatic rings. The Hall–Kier alpha value is -1.26. The number of hydrogen-bond acceptors (Lipinski definition) is 3. The van der Waals surface area contributed by atoms with Gasteiger partial charge in [0, 0.05) is 11.6 Å². The van der Waals surface area contributed by atoms with Gasteiger partial charge in [-0.2, -0.15) is 4.89 Å². The standard InChI is InChI=1S/C8H5ClO4/c9-6-2-7-4(3-12-13-7)1-5(6)8(10)11/h1-2H,3H2,(H,10,11). The first-order valence-corrected chi connectivity index (χ1v) is 3.91. The second-order valence-corrected chi connectivity index (χ2v) is 3.00. The van der Waals surface area contributed by atoms with Crippen LogP contribution in [0.25, 0.3) is 0 Å². The van der Waals surface area contributed by atoms with Crippen molar-refractivity contribution in [2.75, 3.05) is 0 Å². The van der Waals surface area contributed by atoms with E-state index < -0.39 is 5.97 Å². The van der Waals surface area contributed by atoms with E-state index in [0.717, 1.165) is 0 Å². The molecule has 13 heavy (non-hydrogen) atoms. The Morgan fingerprint density at radius 2 is 2.31 bits per heavy atom. The second-order valence-electron chi connectivity index (χ2n) is 2.59. The zero-order valence-electron chi connectivity index (χ0n) is 6.41. The smallest absolute Gasteiger partial charge is 0.337 e. The zero-order valence-corrected chi connectivity index (χ0v) is 7.17. The van der Waals surface area contributed by atoms with Crippen LogP contribution in [0.15, 0.2) is 12.1 Å². The maximum atomic E-state index is 10.7. The van der Waals surface area contributed by atoms with Crippen LogP contribution in [0.4, 0.5) is 0 Å². The fraction of sp³-hybridized carbons (Fsp3) is 0.125. The van der Waals surface area contributed by atoms with Crippen LogP contribution >= 0.6 is 11.6 Å². The summed E-state index contributed by atoms with van der Waals surface area (Å²) in [6.07, 6.45) is 0. The number of carboxylic acid groups (broad SMARTS) is 1. The maximum absolute atomic E-state index is 10.7. The minimum atomic E-state index is -1.06. The molecule has 0 spiro atoms. The lowest BCUT2D eigenvalue weighted by Crippen LogP contribution is -1.98. The van der Waals surface area contributed by atoms with Crippen molar-refractivity contribution in [1.82, 2.24) is 0 Å². The Morgan fingerprint density at radius 3 is 3.00 bits per heavy atom. The molecule has 68 valence electrons. The molecule has 0 amide bonds. The molecule has 0 atom stereocenters. The van der Waals surface area contributed by atoms with Crippen LogP contribution in [0.1, 0.15) is 15.9 Å². The topological polar surface area (TPSA) is 55.8 Å². The van der Waals surface area contributed by atoms with Crippen molar-refractivity contribution >= 4 is 17.6 Å². The van der Waals surface area contributed by atoms with Gasteiger partial charge in [0.25, 0.3) is 0 Å². The normalized spacial score (nSPS) is 13.6. The second kappa shape index (κ2) is 2.90. The molecule has 0 saturated heterocycles. The van der Waals surface area contributed by atoms with Gasteiger partial charge in [0.1, 0.15) is 6.61 Å². The molecule has 1 aliphatic rings. The molecule has 4 nitrogen and oxygen atoms in total. The number of fused-ring (bicyclic) bond motifs is 1. The van der Waals surface area contributed by atoms with E-state index in [-0.39, 0.29) is 17.2 Å². The van der Waals surface area contributed by atoms with Gasteiger partial charge in [-0.05, 0) is 6.07 Å². The van der Waals surface area contributed by atoms with Crippen molar-refractivity contribution in [2.24, 2.45) is 0 Å². The number of benzene rings is 1. The van der Waals surface area contributed by atoms with E-state index in [0.29, 0.717) is 11.3 Å². The van der Waals surface area contributed by atoms with Crippen LogP contribution in [0.3, 0.4) is 0 Å². The Kier molecular flexibility index (Phi) is 1.86. The van der Waals surface area contributed by atoms with Crippen LogP contribution in [-0.2, 0) is 11.5 Å². The molecule has 0 unspecified atom stereocenters. The molecule has 1 N–H and O–H groups in total. The number of aromatic carboxylic acids is 1. The molecule has 1 aliphatic heterocycles. The number of rotatable bonds is 1. The largest absolute Gasteiger partial charge is 0.478 e. The molecular weight excluding hydrogens is 196 g/mol. The van der Waals surface area contributed by atoms with Gasteiger partial charge in [0.05, 0.1) is 10.6 Å². The highest BCUT2D eigenvalue weighted by Crippen LogP contribution is 2.31. The van der Waals surface area contributed by atoms with Gasteiger partial charge in [-0.25, -0.2) is 4.79 Å². The van der Waals surface area contributed by atoms with Crippen molar-refractivity contribution in [3.05, 3.63) is 28.3 Å². The van der Waals surface area contributed by atoms with Gasteiger partial charge >= 0.3 is 5.97 Å². The van der Waals surface area contributed by atoms with Crippen molar-refractivity contribution in [2.45, 2.75) is 6.61 Å². The molecule has 0 fully saturated rings. The van der Waals surface area contributed by atoms with E-state index in [1.165, 1.54) is 12.1 Å². The van der Waals surface area contributed by atoms with E-state index in [1.807, 2.05) is 0 Å². The first kappa shape index (κ1) is 8.34. The molecule has 1 aromatic carbocycles. The average Bonchev–Trinajstić information content (AvgIpc) is 2.48. The summed E-state index contributed by atoms with van der Waals surface area (Å²) in [4.78, 5) is 20.0. The van der Waals surface area contributed by atoms with Gasteiger partial charge in [0.15, 0.2) is 5.75 Å². The first-order valence-electron chi connectivity index (χ1n) is 3.53. The van der Waals surface area contributed by atoms with Crippen LogP contribution in [-0.4, -0.2) is 11.1 Å². The predicted molar refractivity (Wildman–Crippen MR) is 43.8 cm³/mol. The van der Waals surface area contributed by atoms with Gasteiger partial charge in [-0.3, -0.25) is 0 Å². The lowest BCUT2D eigenvalue weighted by Gasteiger charge is -2.00. The third-order valence-corrected chi connectivity index (χ3v) is 2.06. The Balaban J connectivity index is 2.55. The van der Waals surface area contributed by atoms with Crippen molar-refractivity contribution in [1.29, 1.82) is 0 Å². The van der Waals surface area contributed by atoms with Gasteiger partial charge in [-0.15, -0.1) is 0 Å². The third-order valence-electron chi connectivity index (χ3n) is 1.74. The fourth-order valence-corrected chi connectivity index (χ4v) is 1.35. The molecular formula is C8H5ClO4. The van der Waals surface area contributed by atoms with E-state index in [2.05, 4.69) is 4.89 Å². The molecule has 5 heteroatoms. The summed E-state index contributed by atoms with van der Waals surface area (Å²) in [5, 5.41) is 8.88. The molecule has 2 rings (SSSR count). The predicted octanol–water partition coefficient (Wildman–Crippen LogP) is 1.86. The maximum Gasteiger partial charge on any atom is 0.337 e. The number of carbonyl (C=O) groups is 1. The monoisotopic (exact) mass is 200 g/mol. The van der Waals surface area contributed by atoms with Crippen molar-refractivity contribution in [3.63, 3.8) is 0 Å². The molecule has 0 aliphatic carbocycles. The minimum Gasteiger partial charge on any atom is -0.478 e. The summed E-state index contributed by atoms with van der Waals surface area (Å²) in [6, 6.07) is 2.89. The first-order chi connectivity index (χ1) is 6.18. The molecule has 0 aromatic heterocycles. The highest BCUT2D eigenvalue weighted by atomic mass is 35.5. The lowest BCUT2D eigenvalue weighted by atomic mass is 10.1. The van der Waals surface area contributed by atoms with Crippen LogP contribution in [0.5, 0.6) is 5.75 Å². The molecule has 1 heterocycles. The average molecular weight is 201 g/mol. The summed E-state index contributed by atoms with van der Waals surface area (Å²) >= 11 is 5.69. The van der Waals surface area contributed by atoms with Gasteiger partial charge in [0.2, 0.25) is 0 Å². The van der Waals surface area contributed by atoms with E-state index >= 15 is 0 Å². The summed E-state index contributed by atoms with van der Waals surface area (Å²) in [6.45, 7) is 0.257. The van der Waals surface area contributed by atoms with Crippen LogP contribution < -0.4 is 4.89 Å². The minimum absolute atomic E-state index is 0.0644. The SMILES string of the molecule is O=C(O)c1cc2c(cc1Cl)OOC2. The van der Waals surface area contributed by atoms with Crippen LogP contribution in [0.2, 0.25) is 5.02 Å². The Bertz CT molecular complexity index is 375. The lowest BCUT2D eigenvalue weighted by molar-refractivity contribution is -0.194. The summed E-state index contributed by atoms with van der Waals surface area (Å²) in [5.74, 6) is -0.574. The molecule has 0 bridgehead atoms. The quantitative estimate of drug-likeness (QED) is 0.703. The number of carboxylic acids is 1. The highest BCUT2D eigenvalue weighted by Gasteiger charge is 2.19. The van der Waals surface area contributed by atoms with Crippen LogP contribution in [0, 0.1) is 0 Å². The summed E-state index contributed by atoms with van der Waals surface area (Å²) in [5.41, 5.74) is 0.760. The molecule has 0 saturated carbocycles.